The molecule has 114 valence electrons. The number of nitrogens with zero attached hydrogens (tertiary/aromatic N) is 2. The highest BCUT2D eigenvalue weighted by Crippen LogP contribution is 2.42. The van der Waals surface area contributed by atoms with Crippen molar-refractivity contribution in [1.82, 2.24) is 0 Å². The Balaban J connectivity index is 2.18. The SMILES string of the molecule is O=[N+]([O-])c1ccc([C@H](Br)[C@@H](Br)c2ccc([N+](=O)[O-])cc2)cc1. The molecule has 0 radical (unpaired) electrons. The van der Waals surface area contributed by atoms with Crippen LogP contribution in [0.3, 0.4) is 0 Å². The van der Waals surface area contributed by atoms with E-state index in [0.29, 0.717) is 0 Å². The molecule has 6 nitrogen and oxygen atoms in total. The van der Waals surface area contributed by atoms with Crippen LogP contribution in [0.25, 0.3) is 0 Å². The molecule has 8 heteroatoms. The van der Waals surface area contributed by atoms with Crippen molar-refractivity contribution in [3.63, 3.8) is 0 Å². The molecule has 0 saturated carbocycles. The van der Waals surface area contributed by atoms with Gasteiger partial charge in [-0.25, -0.2) is 0 Å². The zero-order valence-corrected chi connectivity index (χ0v) is 14.2. The Morgan fingerprint density at radius 3 is 1.18 bits per heavy atom. The van der Waals surface area contributed by atoms with Crippen molar-refractivity contribution < 1.29 is 9.85 Å². The number of rotatable bonds is 5. The molecule has 0 aliphatic heterocycles. The maximum absolute atomic E-state index is 10.7. The summed E-state index contributed by atoms with van der Waals surface area (Å²) < 4.78 is 0. The normalized spacial score (nSPS) is 13.4. The van der Waals surface area contributed by atoms with Crippen LogP contribution in [-0.2, 0) is 0 Å². The summed E-state index contributed by atoms with van der Waals surface area (Å²) in [6.07, 6.45) is 0. The van der Waals surface area contributed by atoms with Gasteiger partial charge >= 0.3 is 0 Å². The van der Waals surface area contributed by atoms with Crippen LogP contribution in [0.4, 0.5) is 11.4 Å². The van der Waals surface area contributed by atoms with Crippen LogP contribution in [0.15, 0.2) is 48.5 Å². The smallest absolute Gasteiger partial charge is 0.258 e. The summed E-state index contributed by atoms with van der Waals surface area (Å²) >= 11 is 7.09. The van der Waals surface area contributed by atoms with Gasteiger partial charge in [0.15, 0.2) is 0 Å². The van der Waals surface area contributed by atoms with Crippen LogP contribution < -0.4 is 0 Å². The van der Waals surface area contributed by atoms with E-state index in [2.05, 4.69) is 31.9 Å². The minimum Gasteiger partial charge on any atom is -0.258 e. The van der Waals surface area contributed by atoms with E-state index in [1.54, 1.807) is 24.3 Å². The molecular formula is C14H10Br2N2O4. The molecule has 0 amide bonds. The first-order chi connectivity index (χ1) is 10.4. The molecule has 0 spiro atoms. The van der Waals surface area contributed by atoms with Crippen LogP contribution >= 0.6 is 31.9 Å². The van der Waals surface area contributed by atoms with Gasteiger partial charge in [0.2, 0.25) is 0 Å². The quantitative estimate of drug-likeness (QED) is 0.377. The number of nitro groups is 2. The second-order valence-electron chi connectivity index (χ2n) is 4.50. The van der Waals surface area contributed by atoms with E-state index >= 15 is 0 Å². The van der Waals surface area contributed by atoms with Crippen LogP contribution in [0.5, 0.6) is 0 Å². The first-order valence-corrected chi connectivity index (χ1v) is 8.00. The van der Waals surface area contributed by atoms with Crippen molar-refractivity contribution in [2.45, 2.75) is 9.65 Å². The van der Waals surface area contributed by atoms with Gasteiger partial charge in [-0.1, -0.05) is 56.1 Å². The third-order valence-electron chi connectivity index (χ3n) is 3.10. The highest BCUT2D eigenvalue weighted by Gasteiger charge is 2.21. The second kappa shape index (κ2) is 6.97. The minimum atomic E-state index is -0.449. The molecule has 2 rings (SSSR count). The zero-order chi connectivity index (χ0) is 16.3. The third-order valence-corrected chi connectivity index (χ3v) is 5.93. The van der Waals surface area contributed by atoms with Gasteiger partial charge in [0.05, 0.1) is 19.5 Å². The Morgan fingerprint density at radius 1 is 0.682 bits per heavy atom. The number of hydrogen-bond donors (Lipinski definition) is 0. The predicted molar refractivity (Wildman–Crippen MR) is 89.5 cm³/mol. The van der Waals surface area contributed by atoms with Gasteiger partial charge in [-0.3, -0.25) is 20.2 Å². The van der Waals surface area contributed by atoms with E-state index in [4.69, 9.17) is 0 Å². The lowest BCUT2D eigenvalue weighted by Gasteiger charge is -2.17. The van der Waals surface area contributed by atoms with Crippen LogP contribution in [-0.4, -0.2) is 9.85 Å². The average Bonchev–Trinajstić information content (AvgIpc) is 2.53. The lowest BCUT2D eigenvalue weighted by Crippen LogP contribution is -2.00. The maximum atomic E-state index is 10.7. The molecule has 2 atom stereocenters. The maximum Gasteiger partial charge on any atom is 0.269 e. The Labute approximate surface area is 142 Å². The van der Waals surface area contributed by atoms with Crippen molar-refractivity contribution in [3.8, 4) is 0 Å². The van der Waals surface area contributed by atoms with E-state index in [1.807, 2.05) is 0 Å². The van der Waals surface area contributed by atoms with Crippen molar-refractivity contribution in [3.05, 3.63) is 79.9 Å². The first-order valence-electron chi connectivity index (χ1n) is 6.17. The molecule has 22 heavy (non-hydrogen) atoms. The number of hydrogen-bond acceptors (Lipinski definition) is 4. The molecule has 0 unspecified atom stereocenters. The molecular weight excluding hydrogens is 420 g/mol. The van der Waals surface area contributed by atoms with Gasteiger partial charge in [0.25, 0.3) is 11.4 Å². The van der Waals surface area contributed by atoms with Crippen molar-refractivity contribution in [2.24, 2.45) is 0 Å². The van der Waals surface area contributed by atoms with Crippen LogP contribution in [0, 0.1) is 20.2 Å². The minimum absolute atomic E-state index is 0.0323. The molecule has 0 heterocycles. The number of halogens is 2. The summed E-state index contributed by atoms with van der Waals surface area (Å²) in [5, 5.41) is 21.3. The Morgan fingerprint density at radius 2 is 0.955 bits per heavy atom. The van der Waals surface area contributed by atoms with Gasteiger partial charge < -0.3 is 0 Å². The van der Waals surface area contributed by atoms with Gasteiger partial charge in [-0.05, 0) is 11.1 Å². The van der Waals surface area contributed by atoms with E-state index in [0.717, 1.165) is 11.1 Å². The fourth-order valence-electron chi connectivity index (χ4n) is 1.90. The van der Waals surface area contributed by atoms with Crippen LogP contribution in [0.1, 0.15) is 20.8 Å². The zero-order valence-electron chi connectivity index (χ0n) is 11.1. The summed E-state index contributed by atoms with van der Waals surface area (Å²) in [5.74, 6) is 0. The largest absolute Gasteiger partial charge is 0.269 e. The van der Waals surface area contributed by atoms with Crippen molar-refractivity contribution >= 4 is 43.2 Å². The molecule has 0 bridgehead atoms. The van der Waals surface area contributed by atoms with Gasteiger partial charge in [0.1, 0.15) is 0 Å². The van der Waals surface area contributed by atoms with Crippen molar-refractivity contribution in [2.75, 3.05) is 0 Å². The molecule has 0 aromatic heterocycles. The molecule has 0 fully saturated rings. The Bertz CT molecular complexity index is 627. The first kappa shape index (κ1) is 16.6. The number of alkyl halides is 2. The number of non-ortho nitro benzene ring substituents is 2. The van der Waals surface area contributed by atoms with Crippen LogP contribution in [0.2, 0.25) is 0 Å². The van der Waals surface area contributed by atoms with E-state index in [1.165, 1.54) is 24.3 Å². The highest BCUT2D eigenvalue weighted by molar-refractivity contribution is 9.12. The van der Waals surface area contributed by atoms with Gasteiger partial charge in [-0.2, -0.15) is 0 Å². The lowest BCUT2D eigenvalue weighted by molar-refractivity contribution is -0.385. The summed E-state index contributed by atoms with van der Waals surface area (Å²) in [6.45, 7) is 0. The lowest BCUT2D eigenvalue weighted by atomic mass is 10.0. The highest BCUT2D eigenvalue weighted by atomic mass is 79.9. The Kier molecular flexibility index (Phi) is 5.25. The third kappa shape index (κ3) is 3.69. The number of benzene rings is 2. The van der Waals surface area contributed by atoms with Gasteiger partial charge in [-0.15, -0.1) is 0 Å². The molecule has 0 saturated heterocycles. The Hall–Kier alpha value is -1.80. The number of nitro benzene ring substituents is 2. The topological polar surface area (TPSA) is 86.3 Å². The average molecular weight is 430 g/mol. The second-order valence-corrected chi connectivity index (χ2v) is 6.47. The predicted octanol–water partition coefficient (Wildman–Crippen LogP) is 5.08. The molecule has 2 aromatic rings. The summed E-state index contributed by atoms with van der Waals surface area (Å²) in [7, 11) is 0. The molecule has 2 aromatic carbocycles. The summed E-state index contributed by atoms with van der Waals surface area (Å²) in [5.41, 5.74) is 1.80. The van der Waals surface area contributed by atoms with Gasteiger partial charge in [0, 0.05) is 24.3 Å². The monoisotopic (exact) mass is 428 g/mol. The van der Waals surface area contributed by atoms with E-state index < -0.39 is 9.85 Å². The summed E-state index contributed by atoms with van der Waals surface area (Å²) in [4.78, 5) is 20.1. The summed E-state index contributed by atoms with van der Waals surface area (Å²) in [6, 6.07) is 12.5. The fraction of sp³-hybridized carbons (Fsp3) is 0.143. The van der Waals surface area contributed by atoms with E-state index in [9.17, 15) is 20.2 Å². The van der Waals surface area contributed by atoms with Crippen molar-refractivity contribution in [1.29, 1.82) is 0 Å². The fourth-order valence-corrected chi connectivity index (χ4v) is 3.12. The molecule has 0 N–H and O–H groups in total. The molecule has 0 aliphatic rings. The van der Waals surface area contributed by atoms with E-state index in [-0.39, 0.29) is 21.0 Å². The standard InChI is InChI=1S/C14H10Br2N2O4/c15-13(9-1-5-11(6-2-9)17(19)20)14(16)10-3-7-12(8-4-10)18(21)22/h1-8,13-14H/t13-,14-/m0/s1. The molecule has 0 aliphatic carbocycles.